The Morgan fingerprint density at radius 2 is 2.06 bits per heavy atom. The van der Waals surface area contributed by atoms with E-state index in [0.29, 0.717) is 37.1 Å². The molecule has 1 aliphatic rings. The number of aromatic nitrogens is 3. The summed E-state index contributed by atoms with van der Waals surface area (Å²) in [5.41, 5.74) is 2.64. The molecule has 0 radical (unpaired) electrons. The zero-order valence-electron chi connectivity index (χ0n) is 19.3. The van der Waals surface area contributed by atoms with Crippen LogP contribution in [0.2, 0.25) is 0 Å². The number of aromatic amines is 1. The van der Waals surface area contributed by atoms with Crippen molar-refractivity contribution in [2.45, 2.75) is 13.0 Å². The van der Waals surface area contributed by atoms with Gasteiger partial charge in [0.25, 0.3) is 5.91 Å². The lowest BCUT2D eigenvalue weighted by atomic mass is 10.2. The SMILES string of the molecule is COCCOc1ccc2cc1OCC(=O)N(C)CCCN(C)Cc1c[nH]c3ncnc(c13)N2. The van der Waals surface area contributed by atoms with Gasteiger partial charge in [-0.15, -0.1) is 0 Å². The van der Waals surface area contributed by atoms with E-state index in [4.69, 9.17) is 14.2 Å². The minimum absolute atomic E-state index is 0.0733. The number of nitrogens with one attached hydrogen (secondary N) is 2. The average molecular weight is 455 g/mol. The van der Waals surface area contributed by atoms with Crippen LogP contribution in [0.1, 0.15) is 12.0 Å². The Morgan fingerprint density at radius 3 is 2.91 bits per heavy atom. The summed E-state index contributed by atoms with van der Waals surface area (Å²) in [6, 6.07) is 5.51. The lowest BCUT2D eigenvalue weighted by Gasteiger charge is -2.22. The monoisotopic (exact) mass is 454 g/mol. The second kappa shape index (κ2) is 10.5. The Balaban J connectivity index is 1.70. The van der Waals surface area contributed by atoms with Gasteiger partial charge in [-0.05, 0) is 37.7 Å². The van der Waals surface area contributed by atoms with E-state index in [0.717, 1.165) is 41.8 Å². The van der Waals surface area contributed by atoms with E-state index in [1.54, 1.807) is 19.1 Å². The standard InChI is InChI=1S/C23H30N6O4/c1-28-7-4-8-29(2)20(30)14-33-19-11-17(5-6-18(19)32-10-9-31-3)27-23-21-16(13-28)12-24-22(21)25-15-26-23/h5-6,11-12,15H,4,7-10,13-14H2,1-3H3,(H2,24,25,26,27). The van der Waals surface area contributed by atoms with Crippen LogP contribution in [0.4, 0.5) is 11.5 Å². The number of carbonyl (C=O) groups excluding carboxylic acids is 1. The molecule has 10 heteroatoms. The van der Waals surface area contributed by atoms with Gasteiger partial charge in [-0.25, -0.2) is 9.97 Å². The summed E-state index contributed by atoms with van der Waals surface area (Å²) < 4.78 is 16.8. The van der Waals surface area contributed by atoms with E-state index in [9.17, 15) is 4.79 Å². The molecule has 3 heterocycles. The third-order valence-corrected chi connectivity index (χ3v) is 5.55. The van der Waals surface area contributed by atoms with Crippen LogP contribution in [0.15, 0.2) is 30.7 Å². The summed E-state index contributed by atoms with van der Waals surface area (Å²) >= 11 is 0. The zero-order chi connectivity index (χ0) is 23.2. The highest BCUT2D eigenvalue weighted by Crippen LogP contribution is 2.33. The molecule has 1 aliphatic heterocycles. The number of ether oxygens (including phenoxy) is 3. The molecule has 1 amide bonds. The van der Waals surface area contributed by atoms with Gasteiger partial charge < -0.3 is 34.3 Å². The molecule has 0 unspecified atom stereocenters. The number of hydrogen-bond donors (Lipinski definition) is 2. The molecular weight excluding hydrogens is 424 g/mol. The molecule has 0 atom stereocenters. The Hall–Kier alpha value is -3.37. The number of carbonyl (C=O) groups is 1. The summed E-state index contributed by atoms with van der Waals surface area (Å²) in [7, 11) is 5.48. The van der Waals surface area contributed by atoms with Crippen LogP contribution in [0.5, 0.6) is 11.5 Å². The molecule has 0 saturated carbocycles. The van der Waals surface area contributed by atoms with Crippen molar-refractivity contribution in [3.05, 3.63) is 36.3 Å². The maximum Gasteiger partial charge on any atom is 0.260 e. The highest BCUT2D eigenvalue weighted by molar-refractivity contribution is 5.92. The molecule has 0 fully saturated rings. The lowest BCUT2D eigenvalue weighted by Crippen LogP contribution is -2.33. The Kier molecular flexibility index (Phi) is 7.26. The first-order chi connectivity index (χ1) is 16.0. The second-order valence-electron chi connectivity index (χ2n) is 8.08. The Bertz CT molecular complexity index is 1100. The van der Waals surface area contributed by atoms with Crippen LogP contribution in [0.3, 0.4) is 0 Å². The van der Waals surface area contributed by atoms with Crippen LogP contribution < -0.4 is 14.8 Å². The smallest absolute Gasteiger partial charge is 0.260 e. The zero-order valence-corrected chi connectivity index (χ0v) is 19.3. The summed E-state index contributed by atoms with van der Waals surface area (Å²) in [4.78, 5) is 28.6. The number of rotatable bonds is 4. The minimum Gasteiger partial charge on any atom is -0.487 e. The minimum atomic E-state index is -0.0867. The fourth-order valence-electron chi connectivity index (χ4n) is 3.76. The third-order valence-electron chi connectivity index (χ3n) is 5.55. The average Bonchev–Trinajstić information content (AvgIpc) is 3.21. The van der Waals surface area contributed by atoms with Gasteiger partial charge in [0.05, 0.1) is 12.0 Å². The molecule has 0 aliphatic carbocycles. The van der Waals surface area contributed by atoms with Crippen LogP contribution in [0, 0.1) is 0 Å². The van der Waals surface area contributed by atoms with Crippen LogP contribution >= 0.6 is 0 Å². The molecule has 33 heavy (non-hydrogen) atoms. The molecular formula is C23H30N6O4. The fourth-order valence-corrected chi connectivity index (χ4v) is 3.76. The van der Waals surface area contributed by atoms with Crippen molar-refractivity contribution in [1.29, 1.82) is 0 Å². The number of nitrogens with zero attached hydrogens (tertiary/aromatic N) is 4. The van der Waals surface area contributed by atoms with E-state index in [-0.39, 0.29) is 12.5 Å². The second-order valence-corrected chi connectivity index (χ2v) is 8.08. The van der Waals surface area contributed by atoms with Crippen LogP contribution in [-0.2, 0) is 16.1 Å². The predicted molar refractivity (Wildman–Crippen MR) is 125 cm³/mol. The highest BCUT2D eigenvalue weighted by atomic mass is 16.5. The van der Waals surface area contributed by atoms with Gasteiger partial charge in [0.2, 0.25) is 0 Å². The van der Waals surface area contributed by atoms with E-state index in [1.807, 2.05) is 24.4 Å². The van der Waals surface area contributed by atoms with Crippen molar-refractivity contribution >= 4 is 28.4 Å². The van der Waals surface area contributed by atoms with Crippen LogP contribution in [-0.4, -0.2) is 84.8 Å². The van der Waals surface area contributed by atoms with Gasteiger partial charge in [-0.2, -0.15) is 0 Å². The van der Waals surface area contributed by atoms with Gasteiger partial charge >= 0.3 is 0 Å². The number of anilines is 2. The quantitative estimate of drug-likeness (QED) is 0.579. The molecule has 3 aromatic rings. The van der Waals surface area contributed by atoms with Crippen LogP contribution in [0.25, 0.3) is 11.0 Å². The normalized spacial score (nSPS) is 15.8. The predicted octanol–water partition coefficient (Wildman–Crippen LogP) is 2.40. The van der Waals surface area contributed by atoms with E-state index in [1.165, 1.54) is 6.33 Å². The largest absolute Gasteiger partial charge is 0.487 e. The van der Waals surface area contributed by atoms with Gasteiger partial charge in [-0.3, -0.25) is 4.79 Å². The first kappa shape index (κ1) is 22.8. The first-order valence-corrected chi connectivity index (χ1v) is 10.9. The van der Waals surface area contributed by atoms with Crippen molar-refractivity contribution < 1.29 is 19.0 Å². The summed E-state index contributed by atoms with van der Waals surface area (Å²) in [6.45, 7) is 2.98. The molecule has 0 spiro atoms. The van der Waals surface area contributed by atoms with Crippen molar-refractivity contribution in [3.63, 3.8) is 0 Å². The fraction of sp³-hybridized carbons (Fsp3) is 0.435. The van der Waals surface area contributed by atoms with Crippen molar-refractivity contribution in [3.8, 4) is 11.5 Å². The molecule has 1 aromatic carbocycles. The molecule has 176 valence electrons. The van der Waals surface area contributed by atoms with Crippen molar-refractivity contribution in [2.75, 3.05) is 59.4 Å². The summed E-state index contributed by atoms with van der Waals surface area (Å²) in [6.07, 6.45) is 4.35. The number of benzene rings is 1. The third kappa shape index (κ3) is 5.52. The van der Waals surface area contributed by atoms with E-state index in [2.05, 4.69) is 32.2 Å². The highest BCUT2D eigenvalue weighted by Gasteiger charge is 2.17. The molecule has 4 rings (SSSR count). The van der Waals surface area contributed by atoms with Gasteiger partial charge in [0.15, 0.2) is 18.1 Å². The van der Waals surface area contributed by atoms with E-state index < -0.39 is 0 Å². The van der Waals surface area contributed by atoms with Gasteiger partial charge in [0, 0.05) is 45.2 Å². The van der Waals surface area contributed by atoms with Crippen molar-refractivity contribution in [2.24, 2.45) is 0 Å². The first-order valence-electron chi connectivity index (χ1n) is 10.9. The maximum absolute atomic E-state index is 12.6. The Morgan fingerprint density at radius 1 is 1.18 bits per heavy atom. The number of H-pyrrole nitrogens is 1. The number of hydrogen-bond acceptors (Lipinski definition) is 8. The number of methoxy groups -OCH3 is 1. The Labute approximate surface area is 192 Å². The summed E-state index contributed by atoms with van der Waals surface area (Å²) in [5.74, 6) is 1.64. The lowest BCUT2D eigenvalue weighted by molar-refractivity contribution is -0.132. The topological polar surface area (TPSA) is 105 Å². The van der Waals surface area contributed by atoms with Gasteiger partial charge in [-0.1, -0.05) is 0 Å². The molecule has 0 saturated heterocycles. The molecule has 2 aromatic heterocycles. The molecule has 2 N–H and O–H groups in total. The summed E-state index contributed by atoms with van der Waals surface area (Å²) in [5, 5.41) is 4.33. The number of likely N-dealkylation sites (N-methyl/N-ethyl adjacent to an activating group) is 1. The maximum atomic E-state index is 12.6. The van der Waals surface area contributed by atoms with Gasteiger partial charge in [0.1, 0.15) is 24.4 Å². The van der Waals surface area contributed by atoms with E-state index >= 15 is 0 Å². The molecule has 2 bridgehead atoms. The van der Waals surface area contributed by atoms with Crippen molar-refractivity contribution in [1.82, 2.24) is 24.8 Å². The number of fused-ring (bicyclic) bond motifs is 2. The number of amides is 1. The molecule has 10 nitrogen and oxygen atoms in total.